The Kier molecular flexibility index (Phi) is 3.56. The zero-order valence-electron chi connectivity index (χ0n) is 10.0. The summed E-state index contributed by atoms with van der Waals surface area (Å²) in [5.74, 6) is 1.33. The lowest BCUT2D eigenvalue weighted by Crippen LogP contribution is -2.30. The number of aromatic nitrogens is 2. The van der Waals surface area contributed by atoms with Gasteiger partial charge in [0.2, 0.25) is 5.89 Å². The summed E-state index contributed by atoms with van der Waals surface area (Å²) in [6.07, 6.45) is 3.35. The second-order valence-electron chi connectivity index (χ2n) is 4.46. The molecule has 5 heteroatoms. The summed E-state index contributed by atoms with van der Waals surface area (Å²) in [7, 11) is 0. The van der Waals surface area contributed by atoms with Gasteiger partial charge in [-0.3, -0.25) is 0 Å². The van der Waals surface area contributed by atoms with Gasteiger partial charge in [0.25, 0.3) is 0 Å². The summed E-state index contributed by atoms with van der Waals surface area (Å²) in [5.41, 5.74) is 5.69. The van der Waals surface area contributed by atoms with Gasteiger partial charge in [-0.15, -0.1) is 0 Å². The molecule has 16 heavy (non-hydrogen) atoms. The minimum Gasteiger partial charge on any atom is -0.339 e. The zero-order valence-corrected chi connectivity index (χ0v) is 10.0. The largest absolute Gasteiger partial charge is 0.339 e. The molecular formula is C11H20N4O. The van der Waals surface area contributed by atoms with Crippen LogP contribution in [0.25, 0.3) is 0 Å². The molecule has 0 aromatic carbocycles. The van der Waals surface area contributed by atoms with Crippen molar-refractivity contribution in [3.05, 3.63) is 11.7 Å². The van der Waals surface area contributed by atoms with Crippen LogP contribution in [-0.2, 0) is 6.42 Å². The van der Waals surface area contributed by atoms with E-state index in [1.165, 1.54) is 19.4 Å². The van der Waals surface area contributed by atoms with Crippen LogP contribution in [-0.4, -0.2) is 34.2 Å². The van der Waals surface area contributed by atoms with Gasteiger partial charge >= 0.3 is 0 Å². The standard InChI is InChI=1S/C11H20N4O/c1-3-15-6-4-5-9(15)7-10-13-11(8(2)12)14-16-10/h8-9H,3-7,12H2,1-2H3. The number of hydrogen-bond acceptors (Lipinski definition) is 5. The van der Waals surface area contributed by atoms with Crippen molar-refractivity contribution < 1.29 is 4.52 Å². The molecule has 1 fully saturated rings. The molecule has 1 aromatic heterocycles. The molecule has 2 N–H and O–H groups in total. The van der Waals surface area contributed by atoms with E-state index >= 15 is 0 Å². The molecule has 1 aliphatic heterocycles. The Bertz CT molecular complexity index is 336. The Balaban J connectivity index is 1.97. The highest BCUT2D eigenvalue weighted by Crippen LogP contribution is 2.20. The van der Waals surface area contributed by atoms with Crippen LogP contribution in [0, 0.1) is 0 Å². The predicted molar refractivity (Wildman–Crippen MR) is 60.9 cm³/mol. The van der Waals surface area contributed by atoms with Crippen LogP contribution in [0.1, 0.15) is 44.4 Å². The number of rotatable bonds is 4. The summed E-state index contributed by atoms with van der Waals surface area (Å²) in [6.45, 7) is 6.34. The fourth-order valence-electron chi connectivity index (χ4n) is 2.28. The highest BCUT2D eigenvalue weighted by molar-refractivity contribution is 4.94. The molecule has 0 spiro atoms. The van der Waals surface area contributed by atoms with Gasteiger partial charge in [-0.2, -0.15) is 4.98 Å². The maximum atomic E-state index is 5.69. The van der Waals surface area contributed by atoms with E-state index in [1.807, 2.05) is 6.92 Å². The zero-order chi connectivity index (χ0) is 11.5. The second-order valence-corrected chi connectivity index (χ2v) is 4.46. The van der Waals surface area contributed by atoms with E-state index in [4.69, 9.17) is 10.3 Å². The van der Waals surface area contributed by atoms with E-state index in [0.29, 0.717) is 11.9 Å². The normalized spacial score (nSPS) is 23.8. The smallest absolute Gasteiger partial charge is 0.228 e. The average molecular weight is 224 g/mol. The van der Waals surface area contributed by atoms with E-state index in [9.17, 15) is 0 Å². The molecule has 5 nitrogen and oxygen atoms in total. The molecule has 90 valence electrons. The van der Waals surface area contributed by atoms with Crippen molar-refractivity contribution in [3.63, 3.8) is 0 Å². The maximum Gasteiger partial charge on any atom is 0.228 e. The molecule has 0 radical (unpaired) electrons. The molecule has 2 unspecified atom stereocenters. The molecule has 0 bridgehead atoms. The summed E-state index contributed by atoms with van der Waals surface area (Å²) in [6, 6.07) is 0.412. The second kappa shape index (κ2) is 4.93. The summed E-state index contributed by atoms with van der Waals surface area (Å²) < 4.78 is 5.21. The quantitative estimate of drug-likeness (QED) is 0.830. The summed E-state index contributed by atoms with van der Waals surface area (Å²) in [5, 5.41) is 3.88. The predicted octanol–water partition coefficient (Wildman–Crippen LogP) is 1.12. The number of nitrogens with two attached hydrogens (primary N) is 1. The minimum atomic E-state index is -0.150. The molecule has 2 heterocycles. The molecule has 1 aromatic rings. The van der Waals surface area contributed by atoms with E-state index in [0.717, 1.165) is 18.9 Å². The third kappa shape index (κ3) is 2.41. The lowest BCUT2D eigenvalue weighted by molar-refractivity contribution is 0.246. The van der Waals surface area contributed by atoms with E-state index < -0.39 is 0 Å². The van der Waals surface area contributed by atoms with Crippen LogP contribution in [0.15, 0.2) is 4.52 Å². The number of nitrogens with zero attached hydrogens (tertiary/aromatic N) is 3. The molecule has 0 amide bonds. The van der Waals surface area contributed by atoms with Crippen molar-refractivity contribution in [1.29, 1.82) is 0 Å². The third-order valence-corrected chi connectivity index (χ3v) is 3.21. The van der Waals surface area contributed by atoms with Gasteiger partial charge in [0.1, 0.15) is 0 Å². The maximum absolute atomic E-state index is 5.69. The van der Waals surface area contributed by atoms with Gasteiger partial charge in [-0.25, -0.2) is 0 Å². The van der Waals surface area contributed by atoms with Crippen molar-refractivity contribution in [3.8, 4) is 0 Å². The first-order valence-electron chi connectivity index (χ1n) is 6.02. The Morgan fingerprint density at radius 3 is 3.06 bits per heavy atom. The molecule has 2 rings (SSSR count). The third-order valence-electron chi connectivity index (χ3n) is 3.21. The Hall–Kier alpha value is -0.940. The van der Waals surface area contributed by atoms with Gasteiger partial charge in [-0.05, 0) is 32.9 Å². The number of likely N-dealkylation sites (tertiary alicyclic amines) is 1. The first-order valence-corrected chi connectivity index (χ1v) is 6.02. The Morgan fingerprint density at radius 2 is 2.44 bits per heavy atom. The van der Waals surface area contributed by atoms with Crippen LogP contribution in [0.4, 0.5) is 0 Å². The van der Waals surface area contributed by atoms with Crippen molar-refractivity contribution >= 4 is 0 Å². The number of hydrogen-bond donors (Lipinski definition) is 1. The first-order chi connectivity index (χ1) is 7.70. The topological polar surface area (TPSA) is 68.2 Å². The van der Waals surface area contributed by atoms with Crippen molar-refractivity contribution in [2.75, 3.05) is 13.1 Å². The van der Waals surface area contributed by atoms with Crippen LogP contribution in [0.2, 0.25) is 0 Å². The SMILES string of the molecule is CCN1CCCC1Cc1nc(C(C)N)no1. The van der Waals surface area contributed by atoms with E-state index in [2.05, 4.69) is 22.0 Å². The van der Waals surface area contributed by atoms with Crippen LogP contribution < -0.4 is 5.73 Å². The van der Waals surface area contributed by atoms with Gasteiger partial charge in [0.05, 0.1) is 6.04 Å². The van der Waals surface area contributed by atoms with Gasteiger partial charge in [0.15, 0.2) is 5.82 Å². The minimum absolute atomic E-state index is 0.150. The first kappa shape index (κ1) is 11.5. The van der Waals surface area contributed by atoms with E-state index in [1.54, 1.807) is 0 Å². The summed E-state index contributed by atoms with van der Waals surface area (Å²) >= 11 is 0. The number of likely N-dealkylation sites (N-methyl/N-ethyl adjacent to an activating group) is 1. The van der Waals surface area contributed by atoms with Crippen LogP contribution in [0.5, 0.6) is 0 Å². The van der Waals surface area contributed by atoms with Crippen LogP contribution >= 0.6 is 0 Å². The lowest BCUT2D eigenvalue weighted by Gasteiger charge is -2.20. The Morgan fingerprint density at radius 1 is 1.62 bits per heavy atom. The highest BCUT2D eigenvalue weighted by Gasteiger charge is 2.25. The Labute approximate surface area is 96.0 Å². The molecular weight excluding hydrogens is 204 g/mol. The average Bonchev–Trinajstić information content (AvgIpc) is 2.87. The monoisotopic (exact) mass is 224 g/mol. The van der Waals surface area contributed by atoms with Gasteiger partial charge in [-0.1, -0.05) is 12.1 Å². The molecule has 0 aliphatic carbocycles. The van der Waals surface area contributed by atoms with Crippen molar-refractivity contribution in [1.82, 2.24) is 15.0 Å². The van der Waals surface area contributed by atoms with Gasteiger partial charge < -0.3 is 15.2 Å². The summed E-state index contributed by atoms with van der Waals surface area (Å²) in [4.78, 5) is 6.78. The molecule has 0 saturated carbocycles. The lowest BCUT2D eigenvalue weighted by atomic mass is 10.1. The van der Waals surface area contributed by atoms with Crippen molar-refractivity contribution in [2.24, 2.45) is 5.73 Å². The molecule has 1 saturated heterocycles. The highest BCUT2D eigenvalue weighted by atomic mass is 16.5. The molecule has 1 aliphatic rings. The molecule has 2 atom stereocenters. The fourth-order valence-corrected chi connectivity index (χ4v) is 2.28. The van der Waals surface area contributed by atoms with E-state index in [-0.39, 0.29) is 6.04 Å². The fraction of sp³-hybridized carbons (Fsp3) is 0.818. The van der Waals surface area contributed by atoms with Gasteiger partial charge in [0, 0.05) is 12.5 Å². The van der Waals surface area contributed by atoms with Crippen LogP contribution in [0.3, 0.4) is 0 Å². The van der Waals surface area contributed by atoms with Crippen molar-refractivity contribution in [2.45, 2.75) is 45.2 Å².